The Morgan fingerprint density at radius 1 is 1.24 bits per heavy atom. The summed E-state index contributed by atoms with van der Waals surface area (Å²) in [5, 5.41) is 13.8. The summed E-state index contributed by atoms with van der Waals surface area (Å²) in [5.74, 6) is -1.55. The SMILES string of the molecule is Cc1ccccc1NC(=O)[C@@H](C)OC(=O)c1cc(Cl)ccc1[N+](=O)[O-]. The minimum atomic E-state index is -1.15. The third-order valence-electron chi connectivity index (χ3n) is 3.43. The maximum Gasteiger partial charge on any atom is 0.345 e. The molecule has 7 nitrogen and oxygen atoms in total. The molecular weight excluding hydrogens is 348 g/mol. The van der Waals surface area contributed by atoms with Gasteiger partial charge in [0.2, 0.25) is 0 Å². The quantitative estimate of drug-likeness (QED) is 0.496. The van der Waals surface area contributed by atoms with Crippen LogP contribution in [0.15, 0.2) is 42.5 Å². The van der Waals surface area contributed by atoms with Gasteiger partial charge in [0, 0.05) is 16.8 Å². The van der Waals surface area contributed by atoms with Crippen LogP contribution in [0.25, 0.3) is 0 Å². The number of hydrogen-bond donors (Lipinski definition) is 1. The monoisotopic (exact) mass is 362 g/mol. The molecule has 0 saturated heterocycles. The van der Waals surface area contributed by atoms with Crippen LogP contribution in [-0.2, 0) is 9.53 Å². The lowest BCUT2D eigenvalue weighted by Gasteiger charge is -2.14. The van der Waals surface area contributed by atoms with Crippen LogP contribution in [0.1, 0.15) is 22.8 Å². The van der Waals surface area contributed by atoms with E-state index in [2.05, 4.69) is 5.32 Å². The molecule has 0 fully saturated rings. The maximum absolute atomic E-state index is 12.2. The van der Waals surface area contributed by atoms with Crippen molar-refractivity contribution in [1.29, 1.82) is 0 Å². The molecule has 2 rings (SSSR count). The molecule has 0 radical (unpaired) electrons. The molecule has 0 heterocycles. The van der Waals surface area contributed by atoms with Crippen molar-refractivity contribution in [1.82, 2.24) is 0 Å². The highest BCUT2D eigenvalue weighted by atomic mass is 35.5. The zero-order valence-electron chi connectivity index (χ0n) is 13.5. The zero-order valence-corrected chi connectivity index (χ0v) is 14.2. The van der Waals surface area contributed by atoms with Gasteiger partial charge in [0.15, 0.2) is 6.10 Å². The predicted octanol–water partition coefficient (Wildman–Crippen LogP) is 3.74. The Morgan fingerprint density at radius 3 is 2.56 bits per heavy atom. The molecule has 25 heavy (non-hydrogen) atoms. The Morgan fingerprint density at radius 2 is 1.92 bits per heavy atom. The first-order chi connectivity index (χ1) is 11.8. The van der Waals surface area contributed by atoms with Gasteiger partial charge in [-0.15, -0.1) is 0 Å². The fourth-order valence-electron chi connectivity index (χ4n) is 2.06. The zero-order chi connectivity index (χ0) is 18.6. The largest absolute Gasteiger partial charge is 0.449 e. The van der Waals surface area contributed by atoms with Crippen molar-refractivity contribution in [3.05, 3.63) is 68.7 Å². The Hall–Kier alpha value is -2.93. The maximum atomic E-state index is 12.2. The highest BCUT2D eigenvalue weighted by Crippen LogP contribution is 2.24. The van der Waals surface area contributed by atoms with Crippen molar-refractivity contribution in [2.24, 2.45) is 0 Å². The van der Waals surface area contributed by atoms with Crippen LogP contribution in [0.4, 0.5) is 11.4 Å². The number of nitrogens with zero attached hydrogens (tertiary/aromatic N) is 1. The number of hydrogen-bond acceptors (Lipinski definition) is 5. The van der Waals surface area contributed by atoms with E-state index in [4.69, 9.17) is 16.3 Å². The van der Waals surface area contributed by atoms with Gasteiger partial charge in [-0.25, -0.2) is 4.79 Å². The summed E-state index contributed by atoms with van der Waals surface area (Å²) >= 11 is 5.78. The molecular formula is C17H15ClN2O5. The number of para-hydroxylation sites is 1. The first-order valence-corrected chi connectivity index (χ1v) is 7.69. The molecule has 8 heteroatoms. The average Bonchev–Trinajstić information content (AvgIpc) is 2.56. The van der Waals surface area contributed by atoms with Crippen LogP contribution in [-0.4, -0.2) is 22.9 Å². The minimum Gasteiger partial charge on any atom is -0.449 e. The Balaban J connectivity index is 2.12. The number of carbonyl (C=O) groups excluding carboxylic acids is 2. The van der Waals surface area contributed by atoms with Crippen LogP contribution >= 0.6 is 11.6 Å². The van der Waals surface area contributed by atoms with E-state index >= 15 is 0 Å². The van der Waals surface area contributed by atoms with E-state index in [1.165, 1.54) is 13.0 Å². The first kappa shape index (κ1) is 18.4. The number of esters is 1. The van der Waals surface area contributed by atoms with E-state index < -0.39 is 28.6 Å². The Kier molecular flexibility index (Phi) is 5.71. The Bertz CT molecular complexity index is 838. The van der Waals surface area contributed by atoms with Gasteiger partial charge in [0.25, 0.3) is 11.6 Å². The molecule has 0 aliphatic carbocycles. The molecule has 1 N–H and O–H groups in total. The summed E-state index contributed by atoms with van der Waals surface area (Å²) < 4.78 is 5.04. The number of carbonyl (C=O) groups is 2. The molecule has 1 atom stereocenters. The molecule has 0 unspecified atom stereocenters. The van der Waals surface area contributed by atoms with Gasteiger partial charge in [-0.2, -0.15) is 0 Å². The van der Waals surface area contributed by atoms with E-state index in [0.717, 1.165) is 17.7 Å². The van der Waals surface area contributed by atoms with Crippen LogP contribution in [0.5, 0.6) is 0 Å². The average molecular weight is 363 g/mol. The first-order valence-electron chi connectivity index (χ1n) is 7.31. The fourth-order valence-corrected chi connectivity index (χ4v) is 2.23. The number of nitrogens with one attached hydrogen (secondary N) is 1. The van der Waals surface area contributed by atoms with Gasteiger partial charge < -0.3 is 10.1 Å². The van der Waals surface area contributed by atoms with Crippen LogP contribution in [0.3, 0.4) is 0 Å². The number of amides is 1. The number of nitro benzene ring substituents is 1. The second kappa shape index (κ2) is 7.76. The van der Waals surface area contributed by atoms with Gasteiger partial charge in [0.05, 0.1) is 4.92 Å². The number of halogens is 1. The third kappa shape index (κ3) is 4.54. The number of ether oxygens (including phenoxy) is 1. The van der Waals surface area contributed by atoms with Crippen molar-refractivity contribution in [3.63, 3.8) is 0 Å². The van der Waals surface area contributed by atoms with E-state index in [9.17, 15) is 19.7 Å². The van der Waals surface area contributed by atoms with E-state index in [1.807, 2.05) is 19.1 Å². The summed E-state index contributed by atoms with van der Waals surface area (Å²) in [6.07, 6.45) is -1.15. The number of nitro groups is 1. The van der Waals surface area contributed by atoms with E-state index in [1.54, 1.807) is 12.1 Å². The molecule has 2 aromatic carbocycles. The smallest absolute Gasteiger partial charge is 0.345 e. The molecule has 1 amide bonds. The summed E-state index contributed by atoms with van der Waals surface area (Å²) in [6, 6.07) is 10.7. The van der Waals surface area contributed by atoms with Crippen LogP contribution < -0.4 is 5.32 Å². The van der Waals surface area contributed by atoms with Crippen molar-refractivity contribution >= 4 is 34.9 Å². The van der Waals surface area contributed by atoms with E-state index in [-0.39, 0.29) is 10.6 Å². The number of anilines is 1. The molecule has 0 aliphatic rings. The van der Waals surface area contributed by atoms with Crippen molar-refractivity contribution in [3.8, 4) is 0 Å². The highest BCUT2D eigenvalue weighted by molar-refractivity contribution is 6.31. The minimum absolute atomic E-state index is 0.148. The normalized spacial score (nSPS) is 11.5. The lowest BCUT2D eigenvalue weighted by atomic mass is 10.2. The second-order valence-corrected chi connectivity index (χ2v) is 5.71. The summed E-state index contributed by atoms with van der Waals surface area (Å²) in [5.41, 5.74) is 0.679. The van der Waals surface area contributed by atoms with Gasteiger partial charge >= 0.3 is 5.97 Å². The third-order valence-corrected chi connectivity index (χ3v) is 3.67. The molecule has 130 valence electrons. The standard InChI is InChI=1S/C17H15ClN2O5/c1-10-5-3-4-6-14(10)19-16(21)11(2)25-17(22)13-9-12(18)7-8-15(13)20(23)24/h3-9,11H,1-2H3,(H,19,21)/t11-/m1/s1. The lowest BCUT2D eigenvalue weighted by molar-refractivity contribution is -0.385. The molecule has 0 aliphatic heterocycles. The highest BCUT2D eigenvalue weighted by Gasteiger charge is 2.26. The number of aryl methyl sites for hydroxylation is 1. The lowest BCUT2D eigenvalue weighted by Crippen LogP contribution is -2.30. The predicted molar refractivity (Wildman–Crippen MR) is 92.8 cm³/mol. The summed E-state index contributed by atoms with van der Waals surface area (Å²) in [7, 11) is 0. The van der Waals surface area contributed by atoms with Crippen LogP contribution in [0.2, 0.25) is 5.02 Å². The number of rotatable bonds is 5. The van der Waals surface area contributed by atoms with Crippen molar-refractivity contribution < 1.29 is 19.2 Å². The van der Waals surface area contributed by atoms with Gasteiger partial charge in [-0.05, 0) is 37.6 Å². The molecule has 2 aromatic rings. The summed E-state index contributed by atoms with van der Waals surface area (Å²) in [6.45, 7) is 3.20. The Labute approximate surface area is 148 Å². The molecule has 0 saturated carbocycles. The van der Waals surface area contributed by atoms with Gasteiger partial charge in [0.1, 0.15) is 5.56 Å². The van der Waals surface area contributed by atoms with Gasteiger partial charge in [-0.1, -0.05) is 29.8 Å². The fraction of sp³-hybridized carbons (Fsp3) is 0.176. The van der Waals surface area contributed by atoms with Crippen molar-refractivity contribution in [2.45, 2.75) is 20.0 Å². The van der Waals surface area contributed by atoms with Crippen molar-refractivity contribution in [2.75, 3.05) is 5.32 Å². The summed E-state index contributed by atoms with van der Waals surface area (Å²) in [4.78, 5) is 34.7. The molecule has 0 bridgehead atoms. The topological polar surface area (TPSA) is 98.5 Å². The van der Waals surface area contributed by atoms with Crippen LogP contribution in [0, 0.1) is 17.0 Å². The number of benzene rings is 2. The van der Waals surface area contributed by atoms with E-state index in [0.29, 0.717) is 5.69 Å². The van der Waals surface area contributed by atoms with Gasteiger partial charge in [-0.3, -0.25) is 14.9 Å². The second-order valence-electron chi connectivity index (χ2n) is 5.27. The molecule has 0 spiro atoms. The molecule has 0 aromatic heterocycles.